The molecule has 0 amide bonds. The van der Waals surface area contributed by atoms with Crippen LogP contribution >= 0.6 is 0 Å². The van der Waals surface area contributed by atoms with Crippen LogP contribution in [0.4, 0.5) is 0 Å². The zero-order valence-electron chi connectivity index (χ0n) is 17.8. The number of methoxy groups -OCH3 is 1. The molecule has 8 heteroatoms. The molecule has 1 unspecified atom stereocenters. The lowest BCUT2D eigenvalue weighted by atomic mass is 9.86. The van der Waals surface area contributed by atoms with Gasteiger partial charge in [-0.25, -0.2) is 9.78 Å². The van der Waals surface area contributed by atoms with Crippen LogP contribution in [0.5, 0.6) is 0 Å². The van der Waals surface area contributed by atoms with Crippen molar-refractivity contribution in [2.45, 2.75) is 44.4 Å². The number of fused-ring (bicyclic) bond motifs is 5. The Morgan fingerprint density at radius 3 is 2.84 bits per heavy atom. The number of carbonyl (C=O) groups is 2. The predicted octanol–water partition coefficient (Wildman–Crippen LogP) is 2.57. The lowest BCUT2D eigenvalue weighted by Gasteiger charge is -2.32. The van der Waals surface area contributed by atoms with Crippen molar-refractivity contribution in [2.24, 2.45) is 0 Å². The molecule has 3 aromatic rings. The lowest BCUT2D eigenvalue weighted by Crippen LogP contribution is -2.44. The fourth-order valence-corrected chi connectivity index (χ4v) is 4.74. The van der Waals surface area contributed by atoms with Gasteiger partial charge in [0.05, 0.1) is 35.6 Å². The van der Waals surface area contributed by atoms with Gasteiger partial charge in [-0.2, -0.15) is 0 Å². The van der Waals surface area contributed by atoms with Gasteiger partial charge in [0, 0.05) is 22.9 Å². The molecule has 4 heterocycles. The second-order valence-corrected chi connectivity index (χ2v) is 8.14. The molecule has 0 spiro atoms. The highest BCUT2D eigenvalue weighted by molar-refractivity contribution is 5.86. The summed E-state index contributed by atoms with van der Waals surface area (Å²) in [5.74, 6) is -1.13. The van der Waals surface area contributed by atoms with Gasteiger partial charge in [-0.1, -0.05) is 25.1 Å². The van der Waals surface area contributed by atoms with Crippen molar-refractivity contribution in [1.82, 2.24) is 9.55 Å². The lowest BCUT2D eigenvalue weighted by molar-refractivity contribution is -0.172. The van der Waals surface area contributed by atoms with Gasteiger partial charge in [0.25, 0.3) is 5.56 Å². The standard InChI is InChI=1S/C24H22N2O6/c1-3-24(30)16-11-19-21-14(10-13-6-4-5-7-17(13)25-21)18(8-9-20(27)31-2)26(19)22(28)15(16)12-32-23(24)29/h4-7,10-11,18,30H,3,8-9,12H2,1-2H3/t18?,24-/m0/s1. The summed E-state index contributed by atoms with van der Waals surface area (Å²) in [5.41, 5.74) is 0.987. The van der Waals surface area contributed by atoms with E-state index >= 15 is 0 Å². The molecule has 5 rings (SSSR count). The van der Waals surface area contributed by atoms with Crippen molar-refractivity contribution < 1.29 is 24.2 Å². The van der Waals surface area contributed by atoms with E-state index in [1.54, 1.807) is 17.6 Å². The molecule has 32 heavy (non-hydrogen) atoms. The zero-order chi connectivity index (χ0) is 22.6. The van der Waals surface area contributed by atoms with Crippen LogP contribution < -0.4 is 5.56 Å². The minimum absolute atomic E-state index is 0.0749. The first-order chi connectivity index (χ1) is 15.4. The Hall–Kier alpha value is -3.52. The van der Waals surface area contributed by atoms with Crippen LogP contribution in [0.2, 0.25) is 0 Å². The first-order valence-corrected chi connectivity index (χ1v) is 10.5. The zero-order valence-corrected chi connectivity index (χ0v) is 17.8. The van der Waals surface area contributed by atoms with Crippen LogP contribution in [0.3, 0.4) is 0 Å². The molecule has 1 aromatic carbocycles. The minimum atomic E-state index is -1.89. The Balaban J connectivity index is 1.78. The third-order valence-electron chi connectivity index (χ3n) is 6.50. The highest BCUT2D eigenvalue weighted by Gasteiger charge is 2.46. The maximum absolute atomic E-state index is 13.6. The van der Waals surface area contributed by atoms with E-state index in [4.69, 9.17) is 14.5 Å². The van der Waals surface area contributed by atoms with Crippen LogP contribution in [0.15, 0.2) is 41.2 Å². The number of carbonyl (C=O) groups excluding carboxylic acids is 2. The first kappa shape index (κ1) is 20.4. The average Bonchev–Trinajstić information content (AvgIpc) is 3.11. The van der Waals surface area contributed by atoms with Crippen molar-refractivity contribution in [3.63, 3.8) is 0 Å². The number of esters is 2. The Kier molecular flexibility index (Phi) is 4.63. The van der Waals surface area contributed by atoms with Gasteiger partial charge in [0.15, 0.2) is 5.60 Å². The molecule has 0 saturated heterocycles. The molecule has 1 N–H and O–H groups in total. The largest absolute Gasteiger partial charge is 0.469 e. The van der Waals surface area contributed by atoms with E-state index in [9.17, 15) is 19.5 Å². The second kappa shape index (κ2) is 7.27. The number of para-hydroxylation sites is 1. The van der Waals surface area contributed by atoms with E-state index in [-0.39, 0.29) is 42.1 Å². The van der Waals surface area contributed by atoms with Gasteiger partial charge in [0.1, 0.15) is 6.61 Å². The SMILES string of the molecule is CC[C@@]1(O)C(=O)OCc2c1cc1n(c2=O)C(CCC(=O)OC)c2cc3ccccc3nc2-1. The maximum Gasteiger partial charge on any atom is 0.343 e. The Morgan fingerprint density at radius 2 is 2.09 bits per heavy atom. The smallest absolute Gasteiger partial charge is 0.343 e. The molecule has 2 atom stereocenters. The fourth-order valence-electron chi connectivity index (χ4n) is 4.74. The number of hydrogen-bond acceptors (Lipinski definition) is 7. The first-order valence-electron chi connectivity index (χ1n) is 10.5. The van der Waals surface area contributed by atoms with E-state index in [1.807, 2.05) is 30.3 Å². The molecule has 0 saturated carbocycles. The maximum atomic E-state index is 13.6. The van der Waals surface area contributed by atoms with Crippen LogP contribution in [0, 0.1) is 0 Å². The average molecular weight is 434 g/mol. The Morgan fingerprint density at radius 1 is 1.31 bits per heavy atom. The number of ether oxygens (including phenoxy) is 2. The topological polar surface area (TPSA) is 108 Å². The van der Waals surface area contributed by atoms with Crippen molar-refractivity contribution in [1.29, 1.82) is 0 Å². The molecule has 2 aliphatic rings. The second-order valence-electron chi connectivity index (χ2n) is 8.14. The van der Waals surface area contributed by atoms with Gasteiger partial charge >= 0.3 is 11.9 Å². The van der Waals surface area contributed by atoms with E-state index < -0.39 is 17.6 Å². The summed E-state index contributed by atoms with van der Waals surface area (Å²) in [7, 11) is 1.33. The molecular weight excluding hydrogens is 412 g/mol. The third-order valence-corrected chi connectivity index (χ3v) is 6.50. The fraction of sp³-hybridized carbons (Fsp3) is 0.333. The predicted molar refractivity (Wildman–Crippen MR) is 115 cm³/mol. The monoisotopic (exact) mass is 434 g/mol. The molecule has 0 radical (unpaired) electrons. The van der Waals surface area contributed by atoms with Gasteiger partial charge in [0.2, 0.25) is 0 Å². The number of pyridine rings is 2. The van der Waals surface area contributed by atoms with E-state index in [1.165, 1.54) is 7.11 Å². The van der Waals surface area contributed by atoms with Crippen LogP contribution in [-0.2, 0) is 31.3 Å². The minimum Gasteiger partial charge on any atom is -0.469 e. The molecular formula is C24H22N2O6. The molecule has 8 nitrogen and oxygen atoms in total. The van der Waals surface area contributed by atoms with Crippen LogP contribution in [-0.4, -0.2) is 33.7 Å². The van der Waals surface area contributed by atoms with Gasteiger partial charge in [-0.15, -0.1) is 0 Å². The summed E-state index contributed by atoms with van der Waals surface area (Å²) < 4.78 is 11.6. The van der Waals surface area contributed by atoms with E-state index in [0.717, 1.165) is 16.5 Å². The number of aromatic nitrogens is 2. The molecule has 0 aliphatic carbocycles. The van der Waals surface area contributed by atoms with Gasteiger partial charge in [-0.05, 0) is 31.0 Å². The number of rotatable bonds is 4. The highest BCUT2D eigenvalue weighted by Crippen LogP contribution is 2.44. The van der Waals surface area contributed by atoms with Crippen LogP contribution in [0.25, 0.3) is 22.3 Å². The van der Waals surface area contributed by atoms with Gasteiger partial charge in [-0.3, -0.25) is 14.2 Å². The summed E-state index contributed by atoms with van der Waals surface area (Å²) in [4.78, 5) is 42.7. The van der Waals surface area contributed by atoms with E-state index in [0.29, 0.717) is 17.8 Å². The Bertz CT molecular complexity index is 1340. The molecule has 2 aliphatic heterocycles. The van der Waals surface area contributed by atoms with Crippen molar-refractivity contribution >= 4 is 22.8 Å². The number of aliphatic hydroxyl groups is 1. The van der Waals surface area contributed by atoms with Crippen molar-refractivity contribution in [2.75, 3.05) is 7.11 Å². The normalized spacial score (nSPS) is 21.0. The van der Waals surface area contributed by atoms with Crippen LogP contribution in [0.1, 0.15) is 48.9 Å². The van der Waals surface area contributed by atoms with Gasteiger partial charge < -0.3 is 14.6 Å². The number of nitrogens with zero attached hydrogens (tertiary/aromatic N) is 2. The highest BCUT2D eigenvalue weighted by atomic mass is 16.6. The number of benzene rings is 1. The summed E-state index contributed by atoms with van der Waals surface area (Å²) in [6.07, 6.45) is 0.555. The van der Waals surface area contributed by atoms with E-state index in [2.05, 4.69) is 0 Å². The number of cyclic esters (lactones) is 1. The molecule has 164 valence electrons. The van der Waals surface area contributed by atoms with Crippen molar-refractivity contribution in [3.05, 3.63) is 63.4 Å². The Labute approximate surface area is 183 Å². The molecule has 2 aromatic heterocycles. The summed E-state index contributed by atoms with van der Waals surface area (Å²) >= 11 is 0. The molecule has 0 fully saturated rings. The summed E-state index contributed by atoms with van der Waals surface area (Å²) in [5, 5.41) is 12.0. The third kappa shape index (κ3) is 2.79. The summed E-state index contributed by atoms with van der Waals surface area (Å²) in [6, 6.07) is 10.9. The summed E-state index contributed by atoms with van der Waals surface area (Å²) in [6.45, 7) is 1.46. The quantitative estimate of drug-likeness (QED) is 0.629. The van der Waals surface area contributed by atoms with Crippen molar-refractivity contribution in [3.8, 4) is 11.4 Å². The molecule has 0 bridgehead atoms. The number of hydrogen-bond donors (Lipinski definition) is 1.